The van der Waals surface area contributed by atoms with E-state index >= 15 is 0 Å². The van der Waals surface area contributed by atoms with Crippen molar-refractivity contribution in [3.05, 3.63) is 48.7 Å². The average Bonchev–Trinajstić information content (AvgIpc) is 3.47. The number of carbonyl (C=O) groups excluding carboxylic acids is 1. The summed E-state index contributed by atoms with van der Waals surface area (Å²) in [6.45, 7) is 4.03. The van der Waals surface area contributed by atoms with Crippen molar-refractivity contribution in [1.82, 2.24) is 30.2 Å². The first-order valence-electron chi connectivity index (χ1n) is 13.2. The Bertz CT molecular complexity index is 1250. The van der Waals surface area contributed by atoms with Crippen LogP contribution in [0.5, 0.6) is 11.6 Å². The first-order valence-corrected chi connectivity index (χ1v) is 13.2. The number of pyridine rings is 1. The summed E-state index contributed by atoms with van der Waals surface area (Å²) in [5, 5.41) is 6.70. The molecule has 2 amide bonds. The number of benzene rings is 1. The molecule has 0 spiro atoms. The second-order valence-corrected chi connectivity index (χ2v) is 9.51. The topological polar surface area (TPSA) is 118 Å². The standard InChI is InChI=1S/C26H30F3N7O5/c27-26(28,29)40-21-6-4-19(5-7-21)23-32-25(41-33-23)36-15-13-35(14-16-36)24(37)31-17-38-18-34-11-8-20(9-12-34)39-22-3-1-2-10-30-22/h1-7,10,20H,8-9,11-18H2,(H,31,37). The third-order valence-corrected chi connectivity index (χ3v) is 6.66. The van der Waals surface area contributed by atoms with E-state index in [1.165, 1.54) is 24.3 Å². The lowest BCUT2D eigenvalue weighted by molar-refractivity contribution is -0.274. The molecule has 1 N–H and O–H groups in total. The molecular formula is C26H30F3N7O5. The Balaban J connectivity index is 0.976. The van der Waals surface area contributed by atoms with Crippen molar-refractivity contribution >= 4 is 12.0 Å². The number of amides is 2. The molecule has 15 heteroatoms. The van der Waals surface area contributed by atoms with Gasteiger partial charge in [-0.25, -0.2) is 9.78 Å². The van der Waals surface area contributed by atoms with Crippen LogP contribution in [0.4, 0.5) is 24.0 Å². The molecular weight excluding hydrogens is 547 g/mol. The number of halogens is 3. The summed E-state index contributed by atoms with van der Waals surface area (Å²) in [7, 11) is 0. The maximum Gasteiger partial charge on any atom is 0.573 e. The highest BCUT2D eigenvalue weighted by Crippen LogP contribution is 2.26. The van der Waals surface area contributed by atoms with Crippen molar-refractivity contribution < 1.29 is 36.7 Å². The predicted molar refractivity (Wildman–Crippen MR) is 139 cm³/mol. The fraction of sp³-hybridized carbons (Fsp3) is 0.462. The van der Waals surface area contributed by atoms with Gasteiger partial charge in [0, 0.05) is 57.1 Å². The summed E-state index contributed by atoms with van der Waals surface area (Å²) < 4.78 is 57.8. The van der Waals surface area contributed by atoms with Gasteiger partial charge >= 0.3 is 18.4 Å². The zero-order valence-corrected chi connectivity index (χ0v) is 22.1. The van der Waals surface area contributed by atoms with Crippen LogP contribution in [0, 0.1) is 0 Å². The third kappa shape index (κ3) is 8.20. The number of likely N-dealkylation sites (tertiary alicyclic amines) is 1. The molecule has 2 aliphatic heterocycles. The van der Waals surface area contributed by atoms with Crippen molar-refractivity contribution in [3.63, 3.8) is 0 Å². The molecule has 1 aromatic carbocycles. The largest absolute Gasteiger partial charge is 0.573 e. The molecule has 41 heavy (non-hydrogen) atoms. The minimum Gasteiger partial charge on any atom is -0.474 e. The van der Waals surface area contributed by atoms with Crippen molar-refractivity contribution in [1.29, 1.82) is 0 Å². The van der Waals surface area contributed by atoms with E-state index in [0.29, 0.717) is 44.4 Å². The van der Waals surface area contributed by atoms with Crippen molar-refractivity contribution in [3.8, 4) is 23.0 Å². The molecule has 0 bridgehead atoms. The maximum atomic E-state index is 12.6. The Hall–Kier alpha value is -4.11. The molecule has 0 unspecified atom stereocenters. The molecule has 5 rings (SSSR count). The van der Waals surface area contributed by atoms with Gasteiger partial charge in [-0.3, -0.25) is 4.90 Å². The number of aromatic nitrogens is 3. The number of ether oxygens (including phenoxy) is 3. The van der Waals surface area contributed by atoms with Crippen LogP contribution >= 0.6 is 0 Å². The van der Waals surface area contributed by atoms with Crippen LogP contribution in [0.15, 0.2) is 53.2 Å². The lowest BCUT2D eigenvalue weighted by atomic mass is 10.1. The third-order valence-electron chi connectivity index (χ3n) is 6.66. The van der Waals surface area contributed by atoms with E-state index in [2.05, 4.69) is 30.1 Å². The van der Waals surface area contributed by atoms with Crippen molar-refractivity contribution in [2.45, 2.75) is 25.3 Å². The number of piperidine rings is 1. The first-order chi connectivity index (χ1) is 19.8. The van der Waals surface area contributed by atoms with Crippen LogP contribution in [0.25, 0.3) is 11.4 Å². The predicted octanol–water partition coefficient (Wildman–Crippen LogP) is 3.34. The Morgan fingerprint density at radius 1 is 1.02 bits per heavy atom. The molecule has 2 aliphatic rings. The number of carbonyl (C=O) groups is 1. The van der Waals surface area contributed by atoms with Crippen LogP contribution in [0.1, 0.15) is 12.8 Å². The van der Waals surface area contributed by atoms with Gasteiger partial charge in [0.2, 0.25) is 11.7 Å². The monoisotopic (exact) mass is 577 g/mol. The number of nitrogens with zero attached hydrogens (tertiary/aromatic N) is 6. The molecule has 0 radical (unpaired) electrons. The smallest absolute Gasteiger partial charge is 0.474 e. The van der Waals surface area contributed by atoms with E-state index in [9.17, 15) is 18.0 Å². The van der Waals surface area contributed by atoms with Crippen LogP contribution in [0.2, 0.25) is 0 Å². The molecule has 2 fully saturated rings. The van der Waals surface area contributed by atoms with Gasteiger partial charge in [0.05, 0.1) is 0 Å². The second kappa shape index (κ2) is 13.0. The van der Waals surface area contributed by atoms with Gasteiger partial charge in [-0.15, -0.1) is 13.2 Å². The Morgan fingerprint density at radius 2 is 1.78 bits per heavy atom. The van der Waals surface area contributed by atoms with Crippen LogP contribution in [-0.2, 0) is 4.74 Å². The summed E-state index contributed by atoms with van der Waals surface area (Å²) >= 11 is 0. The molecule has 4 heterocycles. The molecule has 3 aromatic rings. The lowest BCUT2D eigenvalue weighted by Gasteiger charge is -2.33. The van der Waals surface area contributed by atoms with Crippen molar-refractivity contribution in [2.24, 2.45) is 0 Å². The first kappa shape index (κ1) is 28.4. The van der Waals surface area contributed by atoms with Crippen molar-refractivity contribution in [2.75, 3.05) is 57.6 Å². The van der Waals surface area contributed by atoms with Gasteiger partial charge in [0.15, 0.2) is 0 Å². The summed E-state index contributed by atoms with van der Waals surface area (Å²) in [6.07, 6.45) is -1.17. The fourth-order valence-electron chi connectivity index (χ4n) is 4.51. The van der Waals surface area contributed by atoms with E-state index in [0.717, 1.165) is 25.9 Å². The van der Waals surface area contributed by atoms with E-state index in [1.54, 1.807) is 11.1 Å². The minimum atomic E-state index is -4.76. The molecule has 2 saturated heterocycles. The molecule has 0 atom stereocenters. The average molecular weight is 578 g/mol. The molecule has 2 aromatic heterocycles. The maximum absolute atomic E-state index is 12.6. The normalized spacial score (nSPS) is 17.0. The van der Waals surface area contributed by atoms with E-state index < -0.39 is 6.36 Å². The summed E-state index contributed by atoms with van der Waals surface area (Å²) in [5.74, 6) is 0.539. The van der Waals surface area contributed by atoms with Gasteiger partial charge in [0.1, 0.15) is 25.3 Å². The number of nitrogens with one attached hydrogen (secondary N) is 1. The van der Waals surface area contributed by atoms with E-state index in [4.69, 9.17) is 14.0 Å². The van der Waals surface area contributed by atoms with Gasteiger partial charge in [-0.2, -0.15) is 4.98 Å². The molecule has 0 saturated carbocycles. The zero-order valence-electron chi connectivity index (χ0n) is 22.1. The lowest BCUT2D eigenvalue weighted by Crippen LogP contribution is -2.52. The summed E-state index contributed by atoms with van der Waals surface area (Å²) in [4.78, 5) is 26.8. The summed E-state index contributed by atoms with van der Waals surface area (Å²) in [6, 6.07) is 10.9. The molecule has 12 nitrogen and oxygen atoms in total. The van der Waals surface area contributed by atoms with Gasteiger partial charge in [-0.1, -0.05) is 11.2 Å². The van der Waals surface area contributed by atoms with Gasteiger partial charge < -0.3 is 33.9 Å². The minimum absolute atomic E-state index is 0.100. The number of alkyl halides is 3. The Labute approximate surface area is 234 Å². The van der Waals surface area contributed by atoms with Gasteiger partial charge in [-0.05, 0) is 43.2 Å². The van der Waals surface area contributed by atoms with Gasteiger partial charge in [0.25, 0.3) is 0 Å². The second-order valence-electron chi connectivity index (χ2n) is 9.51. The number of rotatable bonds is 9. The number of hydrogen-bond donors (Lipinski definition) is 1. The number of piperazine rings is 1. The SMILES string of the molecule is O=C(NCOCN1CCC(Oc2ccccn2)CC1)N1CCN(c2nc(-c3ccc(OC(F)(F)F)cc3)no2)CC1. The fourth-order valence-corrected chi connectivity index (χ4v) is 4.51. The van der Waals surface area contributed by atoms with Crippen LogP contribution < -0.4 is 19.7 Å². The highest BCUT2D eigenvalue weighted by atomic mass is 19.4. The van der Waals surface area contributed by atoms with E-state index in [1.807, 2.05) is 23.1 Å². The van der Waals surface area contributed by atoms with Crippen LogP contribution in [-0.4, -0.2) is 96.2 Å². The van der Waals surface area contributed by atoms with Crippen LogP contribution in [0.3, 0.4) is 0 Å². The zero-order chi connectivity index (χ0) is 28.7. The highest BCUT2D eigenvalue weighted by molar-refractivity contribution is 5.74. The highest BCUT2D eigenvalue weighted by Gasteiger charge is 2.31. The quantitative estimate of drug-likeness (QED) is 0.300. The number of hydrogen-bond acceptors (Lipinski definition) is 10. The molecule has 0 aliphatic carbocycles. The number of anilines is 1. The Morgan fingerprint density at radius 3 is 2.46 bits per heavy atom. The Kier molecular flexibility index (Phi) is 9.04. The summed E-state index contributed by atoms with van der Waals surface area (Å²) in [5.41, 5.74) is 0.481. The van der Waals surface area contributed by atoms with E-state index in [-0.39, 0.29) is 36.5 Å². The number of urea groups is 1. The molecule has 220 valence electrons.